The third-order valence-electron chi connectivity index (χ3n) is 4.52. The lowest BCUT2D eigenvalue weighted by molar-refractivity contribution is -0.908. The summed E-state index contributed by atoms with van der Waals surface area (Å²) in [4.78, 5) is 8.88. The minimum Gasteiger partial charge on any atom is -0.506 e. The molecule has 1 aliphatic heterocycles. The molecule has 0 radical (unpaired) electrons. The molecule has 3 atom stereocenters. The number of nitrogens with one attached hydrogen (secondary N) is 2. The zero-order chi connectivity index (χ0) is 16.4. The van der Waals surface area contributed by atoms with Gasteiger partial charge in [-0.2, -0.15) is 5.26 Å². The van der Waals surface area contributed by atoms with E-state index in [4.69, 9.17) is 0 Å². The SMILES string of the molecule is C[C@@H]1C[C@H](C)C[NH+](C/C(O)=C(\C#N)c2nc3ccccc3[nH]2)C1. The monoisotopic (exact) mass is 311 g/mol. The predicted molar refractivity (Wildman–Crippen MR) is 89.8 cm³/mol. The van der Waals surface area contributed by atoms with Gasteiger partial charge in [-0.05, 0) is 18.6 Å². The summed E-state index contributed by atoms with van der Waals surface area (Å²) < 4.78 is 0. The molecule has 5 heteroatoms. The Hall–Kier alpha value is -2.32. The molecule has 1 aliphatic rings. The summed E-state index contributed by atoms with van der Waals surface area (Å²) >= 11 is 0. The summed E-state index contributed by atoms with van der Waals surface area (Å²) in [6.07, 6.45) is 1.24. The number of para-hydroxylation sites is 2. The van der Waals surface area contributed by atoms with Gasteiger partial charge in [0.2, 0.25) is 0 Å². The van der Waals surface area contributed by atoms with Crippen molar-refractivity contribution in [2.45, 2.75) is 20.3 Å². The lowest BCUT2D eigenvalue weighted by Crippen LogP contribution is -3.14. The van der Waals surface area contributed by atoms with E-state index < -0.39 is 0 Å². The van der Waals surface area contributed by atoms with Gasteiger partial charge < -0.3 is 15.0 Å². The molecule has 120 valence electrons. The van der Waals surface area contributed by atoms with E-state index in [9.17, 15) is 10.4 Å². The summed E-state index contributed by atoms with van der Waals surface area (Å²) in [5, 5.41) is 20.0. The van der Waals surface area contributed by atoms with Crippen molar-refractivity contribution in [3.63, 3.8) is 0 Å². The molecule has 1 aromatic heterocycles. The number of quaternary nitrogens is 1. The molecule has 0 saturated carbocycles. The van der Waals surface area contributed by atoms with E-state index in [0.717, 1.165) is 24.1 Å². The van der Waals surface area contributed by atoms with Crippen LogP contribution in [-0.2, 0) is 0 Å². The smallest absolute Gasteiger partial charge is 0.169 e. The zero-order valence-corrected chi connectivity index (χ0v) is 13.6. The van der Waals surface area contributed by atoms with Gasteiger partial charge in [0.1, 0.15) is 18.2 Å². The average molecular weight is 311 g/mol. The highest BCUT2D eigenvalue weighted by Gasteiger charge is 2.27. The molecule has 1 saturated heterocycles. The van der Waals surface area contributed by atoms with Crippen molar-refractivity contribution in [2.75, 3.05) is 19.6 Å². The van der Waals surface area contributed by atoms with Gasteiger partial charge in [-0.3, -0.25) is 0 Å². The van der Waals surface area contributed by atoms with E-state index >= 15 is 0 Å². The number of piperidine rings is 1. The van der Waals surface area contributed by atoms with Crippen molar-refractivity contribution in [1.29, 1.82) is 5.26 Å². The number of nitrogens with zero attached hydrogens (tertiary/aromatic N) is 2. The molecule has 0 bridgehead atoms. The number of rotatable bonds is 3. The maximum atomic E-state index is 10.5. The van der Waals surface area contributed by atoms with Crippen LogP contribution in [0.4, 0.5) is 0 Å². The maximum absolute atomic E-state index is 10.5. The van der Waals surface area contributed by atoms with E-state index in [-0.39, 0.29) is 11.3 Å². The third-order valence-corrected chi connectivity index (χ3v) is 4.52. The predicted octanol–water partition coefficient (Wildman–Crippen LogP) is 1.92. The first kappa shape index (κ1) is 15.6. The summed E-state index contributed by atoms with van der Waals surface area (Å²) in [5.74, 6) is 1.88. The van der Waals surface area contributed by atoms with Crippen molar-refractivity contribution in [3.8, 4) is 6.07 Å². The summed E-state index contributed by atoms with van der Waals surface area (Å²) in [5.41, 5.74) is 1.92. The molecule has 3 N–H and O–H groups in total. The minimum absolute atomic E-state index is 0.128. The van der Waals surface area contributed by atoms with Crippen LogP contribution in [0, 0.1) is 23.2 Å². The molecule has 5 nitrogen and oxygen atoms in total. The quantitative estimate of drug-likeness (QED) is 0.598. The summed E-state index contributed by atoms with van der Waals surface area (Å²) in [7, 11) is 0. The Labute approximate surface area is 136 Å². The zero-order valence-electron chi connectivity index (χ0n) is 13.6. The highest BCUT2D eigenvalue weighted by Crippen LogP contribution is 2.18. The van der Waals surface area contributed by atoms with Crippen LogP contribution < -0.4 is 4.90 Å². The molecular weight excluding hydrogens is 288 g/mol. The second-order valence-electron chi connectivity index (χ2n) is 6.82. The number of imidazole rings is 1. The molecule has 1 aromatic carbocycles. The van der Waals surface area contributed by atoms with Crippen LogP contribution in [0.3, 0.4) is 0 Å². The molecule has 23 heavy (non-hydrogen) atoms. The number of aromatic nitrogens is 2. The Balaban J connectivity index is 1.85. The van der Waals surface area contributed by atoms with Crippen LogP contribution in [0.25, 0.3) is 16.6 Å². The highest BCUT2D eigenvalue weighted by molar-refractivity contribution is 5.82. The molecule has 1 fully saturated rings. The number of aromatic amines is 1. The van der Waals surface area contributed by atoms with Crippen molar-refractivity contribution in [1.82, 2.24) is 9.97 Å². The van der Waals surface area contributed by atoms with Gasteiger partial charge in [-0.1, -0.05) is 26.0 Å². The van der Waals surface area contributed by atoms with E-state index in [1.807, 2.05) is 24.3 Å². The largest absolute Gasteiger partial charge is 0.506 e. The number of aliphatic hydroxyl groups excluding tert-OH is 1. The van der Waals surface area contributed by atoms with Crippen molar-refractivity contribution in [2.24, 2.45) is 11.8 Å². The number of likely N-dealkylation sites (tertiary alicyclic amines) is 1. The molecule has 2 heterocycles. The first-order valence-corrected chi connectivity index (χ1v) is 8.17. The van der Waals surface area contributed by atoms with Crippen LogP contribution in [0.15, 0.2) is 30.0 Å². The fourth-order valence-electron chi connectivity index (χ4n) is 3.72. The molecular formula is C18H23N4O+. The highest BCUT2D eigenvalue weighted by atomic mass is 16.3. The van der Waals surface area contributed by atoms with Crippen molar-refractivity contribution >= 4 is 16.6 Å². The number of benzene rings is 1. The minimum atomic E-state index is 0.128. The number of allylic oxidation sites excluding steroid dienone is 1. The first-order chi connectivity index (χ1) is 11.1. The van der Waals surface area contributed by atoms with E-state index in [0.29, 0.717) is 24.2 Å². The van der Waals surface area contributed by atoms with Crippen LogP contribution >= 0.6 is 0 Å². The number of hydrogen-bond acceptors (Lipinski definition) is 3. The Kier molecular flexibility index (Phi) is 4.35. The van der Waals surface area contributed by atoms with Gasteiger partial charge in [0.05, 0.1) is 24.1 Å². The molecule has 1 unspecified atom stereocenters. The normalized spacial score (nSPS) is 25.9. The van der Waals surface area contributed by atoms with Gasteiger partial charge in [0, 0.05) is 11.8 Å². The number of fused-ring (bicyclic) bond motifs is 1. The van der Waals surface area contributed by atoms with Gasteiger partial charge in [0.25, 0.3) is 0 Å². The second kappa shape index (κ2) is 6.43. The second-order valence-corrected chi connectivity index (χ2v) is 6.82. The van der Waals surface area contributed by atoms with Gasteiger partial charge in [0.15, 0.2) is 11.6 Å². The number of H-pyrrole nitrogens is 1. The number of nitriles is 1. The average Bonchev–Trinajstić information content (AvgIpc) is 2.90. The van der Waals surface area contributed by atoms with Crippen LogP contribution in [0.5, 0.6) is 0 Å². The van der Waals surface area contributed by atoms with E-state index in [1.165, 1.54) is 11.3 Å². The fourth-order valence-corrected chi connectivity index (χ4v) is 3.72. The first-order valence-electron chi connectivity index (χ1n) is 8.17. The summed E-state index contributed by atoms with van der Waals surface area (Å²) in [6.45, 7) is 7.05. The number of aliphatic hydroxyl groups is 1. The number of hydrogen-bond donors (Lipinski definition) is 3. The van der Waals surface area contributed by atoms with E-state index in [2.05, 4.69) is 29.9 Å². The Morgan fingerprint density at radius 2 is 2.04 bits per heavy atom. The Morgan fingerprint density at radius 3 is 2.70 bits per heavy atom. The van der Waals surface area contributed by atoms with E-state index in [1.54, 1.807) is 0 Å². The summed E-state index contributed by atoms with van der Waals surface area (Å²) in [6, 6.07) is 9.74. The van der Waals surface area contributed by atoms with Crippen LogP contribution in [0.1, 0.15) is 26.1 Å². The Bertz CT molecular complexity index is 728. The fraction of sp³-hybridized carbons (Fsp3) is 0.444. The van der Waals surface area contributed by atoms with Gasteiger partial charge in [-0.15, -0.1) is 0 Å². The molecule has 0 amide bonds. The molecule has 0 aliphatic carbocycles. The lowest BCUT2D eigenvalue weighted by atomic mass is 9.92. The third kappa shape index (κ3) is 3.38. The maximum Gasteiger partial charge on any atom is 0.169 e. The van der Waals surface area contributed by atoms with Crippen molar-refractivity contribution < 1.29 is 10.0 Å². The molecule has 2 aromatic rings. The lowest BCUT2D eigenvalue weighted by Gasteiger charge is -2.31. The van der Waals surface area contributed by atoms with Gasteiger partial charge >= 0.3 is 0 Å². The van der Waals surface area contributed by atoms with Crippen LogP contribution in [0.2, 0.25) is 0 Å². The Morgan fingerprint density at radius 1 is 1.35 bits per heavy atom. The van der Waals surface area contributed by atoms with Gasteiger partial charge in [-0.25, -0.2) is 4.98 Å². The van der Waals surface area contributed by atoms with Crippen molar-refractivity contribution in [3.05, 3.63) is 35.8 Å². The molecule has 0 spiro atoms. The van der Waals surface area contributed by atoms with Crippen LogP contribution in [-0.4, -0.2) is 34.7 Å². The standard InChI is InChI=1S/C18H22N4O/c1-12-7-13(2)10-22(9-12)11-17(23)14(8-19)18-20-15-5-3-4-6-16(15)21-18/h3-6,12-13,23H,7,9-11H2,1-2H3,(H,20,21)/p+1/b17-14-/t12-,13+. The molecule has 3 rings (SSSR count). The topological polar surface area (TPSA) is 77.1 Å².